The zero-order valence-corrected chi connectivity index (χ0v) is 12.0. The summed E-state index contributed by atoms with van der Waals surface area (Å²) in [5.41, 5.74) is 0. The van der Waals surface area contributed by atoms with Crippen molar-refractivity contribution in [3.8, 4) is 0 Å². The number of carbonyl (C=O) groups is 2. The highest BCUT2D eigenvalue weighted by Crippen LogP contribution is 2.13. The maximum absolute atomic E-state index is 12.3. The van der Waals surface area contributed by atoms with Crippen LogP contribution >= 0.6 is 0 Å². The van der Waals surface area contributed by atoms with Gasteiger partial charge in [-0.05, 0) is 6.92 Å². The number of ether oxygens (including phenoxy) is 1. The van der Waals surface area contributed by atoms with E-state index < -0.39 is 12.0 Å². The lowest BCUT2D eigenvalue weighted by molar-refractivity contribution is -0.139. The molecule has 21 heavy (non-hydrogen) atoms. The van der Waals surface area contributed by atoms with E-state index in [-0.39, 0.29) is 25.1 Å². The molecule has 0 aliphatic carbocycles. The Kier molecular flexibility index (Phi) is 4.73. The number of aromatic nitrogens is 3. The van der Waals surface area contributed by atoms with E-state index in [4.69, 9.17) is 9.84 Å². The van der Waals surface area contributed by atoms with Gasteiger partial charge in [0.25, 0.3) is 0 Å². The highest BCUT2D eigenvalue weighted by atomic mass is 16.5. The summed E-state index contributed by atoms with van der Waals surface area (Å²) in [4.78, 5) is 24.7. The molecular weight excluding hydrogens is 278 g/mol. The summed E-state index contributed by atoms with van der Waals surface area (Å²) in [6.45, 7) is 2.81. The summed E-state index contributed by atoms with van der Waals surface area (Å²) in [6.07, 6.45) is 1.42. The Bertz CT molecular complexity index is 518. The number of carbonyl (C=O) groups excluding carboxylic acids is 1. The third-order valence-electron chi connectivity index (χ3n) is 3.37. The number of urea groups is 1. The van der Waals surface area contributed by atoms with Crippen LogP contribution in [-0.2, 0) is 16.6 Å². The van der Waals surface area contributed by atoms with Gasteiger partial charge in [-0.25, -0.2) is 4.79 Å². The van der Waals surface area contributed by atoms with Crippen LogP contribution in [0.3, 0.4) is 0 Å². The van der Waals surface area contributed by atoms with Gasteiger partial charge >= 0.3 is 12.0 Å². The quantitative estimate of drug-likeness (QED) is 0.794. The lowest BCUT2D eigenvalue weighted by Crippen LogP contribution is -2.53. The number of carboxylic acid groups (broad SMARTS) is 1. The zero-order valence-electron chi connectivity index (χ0n) is 12.0. The van der Waals surface area contributed by atoms with Gasteiger partial charge < -0.3 is 24.6 Å². The van der Waals surface area contributed by atoms with E-state index in [1.54, 1.807) is 24.9 Å². The normalized spacial score (nSPS) is 20.1. The molecule has 116 valence electrons. The van der Waals surface area contributed by atoms with E-state index in [2.05, 4.69) is 15.5 Å². The second kappa shape index (κ2) is 6.53. The van der Waals surface area contributed by atoms with E-state index in [9.17, 15) is 9.59 Å². The van der Waals surface area contributed by atoms with Gasteiger partial charge in [-0.15, -0.1) is 10.2 Å². The van der Waals surface area contributed by atoms with Crippen LogP contribution in [-0.4, -0.2) is 62.6 Å². The zero-order chi connectivity index (χ0) is 15.4. The molecule has 1 fully saturated rings. The molecule has 2 amide bonds. The van der Waals surface area contributed by atoms with Gasteiger partial charge in [0.05, 0.1) is 31.7 Å². The third-order valence-corrected chi connectivity index (χ3v) is 3.37. The molecule has 0 aromatic carbocycles. The minimum atomic E-state index is -0.954. The Hall–Kier alpha value is -2.16. The smallest absolute Gasteiger partial charge is 0.318 e. The highest BCUT2D eigenvalue weighted by Gasteiger charge is 2.30. The molecule has 1 saturated heterocycles. The van der Waals surface area contributed by atoms with Gasteiger partial charge in [-0.2, -0.15) is 0 Å². The Morgan fingerprint density at radius 1 is 1.62 bits per heavy atom. The Morgan fingerprint density at radius 3 is 3.00 bits per heavy atom. The minimum absolute atomic E-state index is 0.133. The Labute approximate surface area is 121 Å². The highest BCUT2D eigenvalue weighted by molar-refractivity contribution is 5.76. The SMILES string of the molecule is CC(NC(=O)N1CCOCC1CC(=O)O)c1nncn1C. The molecule has 0 saturated carbocycles. The molecule has 1 aliphatic heterocycles. The van der Waals surface area contributed by atoms with Crippen molar-refractivity contribution in [1.29, 1.82) is 0 Å². The van der Waals surface area contributed by atoms with Gasteiger partial charge in [0, 0.05) is 13.6 Å². The van der Waals surface area contributed by atoms with Crippen molar-refractivity contribution >= 4 is 12.0 Å². The predicted octanol–water partition coefficient (Wildman–Crippen LogP) is -0.239. The first-order chi connectivity index (χ1) is 9.99. The molecule has 2 unspecified atom stereocenters. The molecule has 1 aromatic heterocycles. The number of hydrogen-bond donors (Lipinski definition) is 2. The summed E-state index contributed by atoms with van der Waals surface area (Å²) < 4.78 is 6.97. The number of nitrogens with zero attached hydrogens (tertiary/aromatic N) is 4. The van der Waals surface area contributed by atoms with E-state index >= 15 is 0 Å². The van der Waals surface area contributed by atoms with Crippen LogP contribution in [0.5, 0.6) is 0 Å². The van der Waals surface area contributed by atoms with E-state index in [0.717, 1.165) is 0 Å². The van der Waals surface area contributed by atoms with Crippen molar-refractivity contribution in [3.05, 3.63) is 12.2 Å². The van der Waals surface area contributed by atoms with Crippen LogP contribution in [0.15, 0.2) is 6.33 Å². The fraction of sp³-hybridized carbons (Fsp3) is 0.667. The van der Waals surface area contributed by atoms with Crippen molar-refractivity contribution < 1.29 is 19.4 Å². The molecule has 2 rings (SSSR count). The van der Waals surface area contributed by atoms with Crippen LogP contribution in [0.1, 0.15) is 25.2 Å². The van der Waals surface area contributed by atoms with Gasteiger partial charge in [0.1, 0.15) is 6.33 Å². The Morgan fingerprint density at radius 2 is 2.38 bits per heavy atom. The average Bonchev–Trinajstić information content (AvgIpc) is 2.85. The summed E-state index contributed by atoms with van der Waals surface area (Å²) in [7, 11) is 1.79. The monoisotopic (exact) mass is 297 g/mol. The predicted molar refractivity (Wildman–Crippen MR) is 71.5 cm³/mol. The molecule has 2 N–H and O–H groups in total. The fourth-order valence-electron chi connectivity index (χ4n) is 2.31. The van der Waals surface area contributed by atoms with Crippen LogP contribution in [0.25, 0.3) is 0 Å². The number of aliphatic carboxylic acids is 1. The van der Waals surface area contributed by atoms with Gasteiger partial charge in [0.2, 0.25) is 0 Å². The van der Waals surface area contributed by atoms with Gasteiger partial charge in [0.15, 0.2) is 5.82 Å². The number of rotatable bonds is 4. The van der Waals surface area contributed by atoms with Crippen LogP contribution in [0.2, 0.25) is 0 Å². The second-order valence-electron chi connectivity index (χ2n) is 4.99. The first-order valence-electron chi connectivity index (χ1n) is 6.69. The fourth-order valence-corrected chi connectivity index (χ4v) is 2.31. The summed E-state index contributed by atoms with van der Waals surface area (Å²) in [5.74, 6) is -0.323. The van der Waals surface area contributed by atoms with Crippen molar-refractivity contribution in [2.24, 2.45) is 7.05 Å². The second-order valence-corrected chi connectivity index (χ2v) is 4.99. The van der Waals surface area contributed by atoms with Crippen LogP contribution < -0.4 is 5.32 Å². The number of hydrogen-bond acceptors (Lipinski definition) is 5. The van der Waals surface area contributed by atoms with Crippen LogP contribution in [0.4, 0.5) is 4.79 Å². The molecule has 0 bridgehead atoms. The third kappa shape index (κ3) is 3.69. The molecule has 1 aliphatic rings. The molecule has 9 heteroatoms. The molecule has 9 nitrogen and oxygen atoms in total. The summed E-state index contributed by atoms with van der Waals surface area (Å²) >= 11 is 0. The molecule has 0 spiro atoms. The van der Waals surface area contributed by atoms with Crippen molar-refractivity contribution in [2.45, 2.75) is 25.4 Å². The van der Waals surface area contributed by atoms with Crippen molar-refractivity contribution in [3.63, 3.8) is 0 Å². The van der Waals surface area contributed by atoms with Crippen molar-refractivity contribution in [1.82, 2.24) is 25.0 Å². The first kappa shape index (κ1) is 15.2. The molecule has 0 radical (unpaired) electrons. The lowest BCUT2D eigenvalue weighted by atomic mass is 10.1. The largest absolute Gasteiger partial charge is 0.481 e. The lowest BCUT2D eigenvalue weighted by Gasteiger charge is -2.35. The number of carboxylic acids is 1. The molecule has 1 aromatic rings. The minimum Gasteiger partial charge on any atom is -0.481 e. The molecule has 2 atom stereocenters. The first-order valence-corrected chi connectivity index (χ1v) is 6.69. The molecular formula is C12H19N5O4. The van der Waals surface area contributed by atoms with E-state index in [1.807, 2.05) is 0 Å². The average molecular weight is 297 g/mol. The number of aryl methyl sites for hydroxylation is 1. The standard InChI is InChI=1S/C12H19N5O4/c1-8(11-15-13-7-16(11)2)14-12(20)17-3-4-21-6-9(17)5-10(18)19/h7-9H,3-6H2,1-2H3,(H,14,20)(H,18,19). The van der Waals surface area contributed by atoms with Gasteiger partial charge in [-0.3, -0.25) is 4.79 Å². The van der Waals surface area contributed by atoms with E-state index in [1.165, 1.54) is 4.90 Å². The topological polar surface area (TPSA) is 110 Å². The summed E-state index contributed by atoms with van der Waals surface area (Å²) in [6, 6.07) is -1.10. The molecule has 2 heterocycles. The number of nitrogens with one attached hydrogen (secondary N) is 1. The Balaban J connectivity index is 2.00. The maximum atomic E-state index is 12.3. The van der Waals surface area contributed by atoms with Crippen molar-refractivity contribution in [2.75, 3.05) is 19.8 Å². The maximum Gasteiger partial charge on any atom is 0.318 e. The number of morpholine rings is 1. The van der Waals surface area contributed by atoms with Gasteiger partial charge in [-0.1, -0.05) is 0 Å². The van der Waals surface area contributed by atoms with E-state index in [0.29, 0.717) is 19.0 Å². The van der Waals surface area contributed by atoms with Crippen LogP contribution in [0, 0.1) is 0 Å². The number of amides is 2. The summed E-state index contributed by atoms with van der Waals surface area (Å²) in [5, 5.41) is 19.4.